The van der Waals surface area contributed by atoms with Gasteiger partial charge in [0.15, 0.2) is 0 Å². The van der Waals surface area contributed by atoms with Gasteiger partial charge in [0.05, 0.1) is 6.54 Å². The minimum absolute atomic E-state index is 0.0499. The molecule has 0 heterocycles. The van der Waals surface area contributed by atoms with Crippen molar-refractivity contribution < 1.29 is 9.53 Å². The first-order valence-electron chi connectivity index (χ1n) is 9.40. The van der Waals surface area contributed by atoms with Gasteiger partial charge in [0, 0.05) is 17.0 Å². The second-order valence-corrected chi connectivity index (χ2v) is 6.70. The molecule has 1 aliphatic carbocycles. The number of alkyl carbamates (subject to hydrolysis) is 1. The molecule has 0 bridgehead atoms. The van der Waals surface area contributed by atoms with E-state index in [1.165, 1.54) is 22.3 Å². The monoisotopic (exact) mass is 377 g/mol. The Morgan fingerprint density at radius 3 is 2.10 bits per heavy atom. The molecule has 3 heteroatoms. The fourth-order valence-corrected chi connectivity index (χ4v) is 3.56. The molecule has 3 aromatic carbocycles. The minimum atomic E-state index is -0.469. The van der Waals surface area contributed by atoms with Crippen LogP contribution in [0.15, 0.2) is 72.8 Å². The van der Waals surface area contributed by atoms with Gasteiger partial charge >= 0.3 is 6.09 Å². The molecule has 0 atom stereocenters. The van der Waals surface area contributed by atoms with Crippen molar-refractivity contribution in [2.24, 2.45) is 0 Å². The minimum Gasteiger partial charge on any atom is -0.449 e. The summed E-state index contributed by atoms with van der Waals surface area (Å²) in [6.07, 6.45) is 4.87. The molecular formula is C26H19NO2. The fourth-order valence-electron chi connectivity index (χ4n) is 3.56. The van der Waals surface area contributed by atoms with Crippen molar-refractivity contribution in [3.63, 3.8) is 0 Å². The Kier molecular flexibility index (Phi) is 5.32. The lowest BCUT2D eigenvalue weighted by atomic mass is 9.98. The van der Waals surface area contributed by atoms with E-state index in [1.54, 1.807) is 0 Å². The average Bonchev–Trinajstić information content (AvgIpc) is 3.09. The number of nitrogens with one attached hydrogen (secondary N) is 1. The number of hydrogen-bond donors (Lipinski definition) is 1. The number of fused-ring (bicyclic) bond motifs is 3. The molecule has 0 aromatic heterocycles. The number of carbonyl (C=O) groups excluding carboxylic acids is 1. The standard InChI is InChI=1S/C26H19NO2/c1-2-19-13-15-20(16-14-19)8-7-17-27-26(28)29-18-25-23-11-5-3-9-21(23)22-10-4-6-12-24(22)25/h1,3-6,9-16,25H,17-18H2,(H,27,28). The third kappa shape index (κ3) is 4.00. The van der Waals surface area contributed by atoms with Gasteiger partial charge in [0.25, 0.3) is 0 Å². The van der Waals surface area contributed by atoms with Gasteiger partial charge in [0.1, 0.15) is 6.61 Å². The summed E-state index contributed by atoms with van der Waals surface area (Å²) in [5.41, 5.74) is 6.46. The van der Waals surface area contributed by atoms with Gasteiger partial charge in [-0.2, -0.15) is 0 Å². The van der Waals surface area contributed by atoms with Crippen LogP contribution in [0.3, 0.4) is 0 Å². The Bertz CT molecular complexity index is 1100. The van der Waals surface area contributed by atoms with E-state index in [4.69, 9.17) is 11.2 Å². The number of amides is 1. The molecule has 0 saturated heterocycles. The molecule has 29 heavy (non-hydrogen) atoms. The number of terminal acetylenes is 1. The highest BCUT2D eigenvalue weighted by Crippen LogP contribution is 2.44. The molecule has 0 unspecified atom stereocenters. The van der Waals surface area contributed by atoms with Crippen molar-refractivity contribution in [2.75, 3.05) is 13.2 Å². The van der Waals surface area contributed by atoms with Crippen LogP contribution in [-0.4, -0.2) is 19.2 Å². The van der Waals surface area contributed by atoms with Crippen molar-refractivity contribution in [1.29, 1.82) is 0 Å². The first-order chi connectivity index (χ1) is 14.3. The van der Waals surface area contributed by atoms with Crippen LogP contribution in [0.1, 0.15) is 28.2 Å². The second kappa shape index (κ2) is 8.38. The summed E-state index contributed by atoms with van der Waals surface area (Å²) in [5.74, 6) is 8.52. The van der Waals surface area contributed by atoms with Crippen LogP contribution in [0.25, 0.3) is 11.1 Å². The zero-order chi connectivity index (χ0) is 20.1. The lowest BCUT2D eigenvalue weighted by molar-refractivity contribution is 0.144. The maximum atomic E-state index is 12.1. The van der Waals surface area contributed by atoms with Crippen LogP contribution in [-0.2, 0) is 4.74 Å². The van der Waals surface area contributed by atoms with Crippen LogP contribution < -0.4 is 5.32 Å². The van der Waals surface area contributed by atoms with Gasteiger partial charge in [-0.25, -0.2) is 4.79 Å². The number of rotatable bonds is 3. The zero-order valence-electron chi connectivity index (χ0n) is 15.8. The van der Waals surface area contributed by atoms with E-state index in [-0.39, 0.29) is 12.5 Å². The van der Waals surface area contributed by atoms with Crippen LogP contribution >= 0.6 is 0 Å². The van der Waals surface area contributed by atoms with Crippen molar-refractivity contribution in [1.82, 2.24) is 5.32 Å². The van der Waals surface area contributed by atoms with Crippen LogP contribution in [0.5, 0.6) is 0 Å². The smallest absolute Gasteiger partial charge is 0.407 e. The summed E-state index contributed by atoms with van der Waals surface area (Å²) in [5, 5.41) is 2.68. The maximum Gasteiger partial charge on any atom is 0.407 e. The highest BCUT2D eigenvalue weighted by atomic mass is 16.5. The molecule has 1 aliphatic rings. The normalized spacial score (nSPS) is 11.4. The number of hydrogen-bond acceptors (Lipinski definition) is 2. The SMILES string of the molecule is C#Cc1ccc(C#CCNC(=O)OCC2c3ccccc3-c3ccccc32)cc1. The summed E-state index contributed by atoms with van der Waals surface area (Å²) in [7, 11) is 0. The van der Waals surface area contributed by atoms with Crippen LogP contribution in [0, 0.1) is 24.2 Å². The van der Waals surface area contributed by atoms with E-state index < -0.39 is 6.09 Å². The molecule has 0 spiro atoms. The van der Waals surface area contributed by atoms with E-state index >= 15 is 0 Å². The molecule has 0 fully saturated rings. The van der Waals surface area contributed by atoms with Crippen molar-refractivity contribution in [3.8, 4) is 35.3 Å². The summed E-state index contributed by atoms with van der Waals surface area (Å²) < 4.78 is 5.48. The Morgan fingerprint density at radius 2 is 1.48 bits per heavy atom. The van der Waals surface area contributed by atoms with Gasteiger partial charge in [-0.15, -0.1) is 6.42 Å². The summed E-state index contributed by atoms with van der Waals surface area (Å²) in [6.45, 7) is 0.508. The van der Waals surface area contributed by atoms with E-state index in [2.05, 4.69) is 47.3 Å². The predicted molar refractivity (Wildman–Crippen MR) is 114 cm³/mol. The Morgan fingerprint density at radius 1 is 0.897 bits per heavy atom. The van der Waals surface area contributed by atoms with E-state index in [0.717, 1.165) is 11.1 Å². The quantitative estimate of drug-likeness (QED) is 0.680. The van der Waals surface area contributed by atoms with Gasteiger partial charge < -0.3 is 10.1 Å². The molecule has 3 aromatic rings. The van der Waals surface area contributed by atoms with Gasteiger partial charge in [-0.1, -0.05) is 66.3 Å². The summed E-state index contributed by atoms with van der Waals surface area (Å²) in [4.78, 5) is 12.1. The molecule has 3 nitrogen and oxygen atoms in total. The van der Waals surface area contributed by atoms with Crippen LogP contribution in [0.2, 0.25) is 0 Å². The molecule has 1 amide bonds. The molecule has 140 valence electrons. The molecule has 0 radical (unpaired) electrons. The van der Waals surface area contributed by atoms with Crippen molar-refractivity contribution in [2.45, 2.75) is 5.92 Å². The largest absolute Gasteiger partial charge is 0.449 e. The molecule has 4 rings (SSSR count). The molecule has 0 aliphatic heterocycles. The first kappa shape index (κ1) is 18.4. The Balaban J connectivity index is 1.33. The lowest BCUT2D eigenvalue weighted by Crippen LogP contribution is -2.26. The Labute approximate surface area is 170 Å². The van der Waals surface area contributed by atoms with Crippen molar-refractivity contribution in [3.05, 3.63) is 95.1 Å². The third-order valence-electron chi connectivity index (χ3n) is 4.95. The number of benzene rings is 3. The lowest BCUT2D eigenvalue weighted by Gasteiger charge is -2.14. The maximum absolute atomic E-state index is 12.1. The highest BCUT2D eigenvalue weighted by Gasteiger charge is 2.28. The first-order valence-corrected chi connectivity index (χ1v) is 9.40. The van der Waals surface area contributed by atoms with Gasteiger partial charge in [-0.3, -0.25) is 0 Å². The van der Waals surface area contributed by atoms with Gasteiger partial charge in [-0.05, 0) is 46.5 Å². The van der Waals surface area contributed by atoms with E-state index in [9.17, 15) is 4.79 Å². The van der Waals surface area contributed by atoms with Crippen molar-refractivity contribution >= 4 is 6.09 Å². The summed E-state index contributed by atoms with van der Waals surface area (Å²) in [6, 6.07) is 23.9. The van der Waals surface area contributed by atoms with E-state index in [1.807, 2.05) is 48.5 Å². The molecule has 0 saturated carbocycles. The molecule has 1 N–H and O–H groups in total. The van der Waals surface area contributed by atoms with E-state index in [0.29, 0.717) is 6.61 Å². The third-order valence-corrected chi connectivity index (χ3v) is 4.95. The Hall–Kier alpha value is -3.95. The zero-order valence-corrected chi connectivity index (χ0v) is 15.8. The number of carbonyl (C=O) groups is 1. The fraction of sp³-hybridized carbons (Fsp3) is 0.115. The van der Waals surface area contributed by atoms with Gasteiger partial charge in [0.2, 0.25) is 0 Å². The second-order valence-electron chi connectivity index (χ2n) is 6.70. The predicted octanol–water partition coefficient (Wildman–Crippen LogP) is 4.56. The average molecular weight is 377 g/mol. The highest BCUT2D eigenvalue weighted by molar-refractivity contribution is 5.79. The van der Waals surface area contributed by atoms with Crippen LogP contribution in [0.4, 0.5) is 4.79 Å². The summed E-state index contributed by atoms with van der Waals surface area (Å²) >= 11 is 0. The molecular weight excluding hydrogens is 358 g/mol. The topological polar surface area (TPSA) is 38.3 Å². The number of ether oxygens (including phenoxy) is 1.